The molecule has 0 unspecified atom stereocenters. The van der Waals surface area contributed by atoms with Gasteiger partial charge in [0, 0.05) is 23.2 Å². The zero-order chi connectivity index (χ0) is 26.9. The molecule has 1 aliphatic carbocycles. The van der Waals surface area contributed by atoms with E-state index < -0.39 is 23.7 Å². The van der Waals surface area contributed by atoms with Crippen LogP contribution >= 0.6 is 0 Å². The van der Waals surface area contributed by atoms with E-state index in [1.54, 1.807) is 26.8 Å². The van der Waals surface area contributed by atoms with Gasteiger partial charge in [-0.1, -0.05) is 54.6 Å². The minimum atomic E-state index is -0.947. The monoisotopic (exact) mass is 507 g/mol. The second-order valence-corrected chi connectivity index (χ2v) is 10.5. The van der Waals surface area contributed by atoms with Crippen LogP contribution in [0.2, 0.25) is 0 Å². The number of esters is 1. The Kier molecular flexibility index (Phi) is 6.64. The van der Waals surface area contributed by atoms with Crippen molar-refractivity contribution in [2.45, 2.75) is 44.8 Å². The van der Waals surface area contributed by atoms with E-state index in [4.69, 9.17) is 14.7 Å². The fraction of sp³-hybridized carbons (Fsp3) is 0.258. The number of H-pyrrole nitrogens is 1. The smallest absolute Gasteiger partial charge is 0.407 e. The van der Waals surface area contributed by atoms with Crippen LogP contribution in [0.1, 0.15) is 49.1 Å². The van der Waals surface area contributed by atoms with Gasteiger partial charge in [0.25, 0.3) is 0 Å². The van der Waals surface area contributed by atoms with E-state index in [0.717, 1.165) is 38.7 Å². The molecule has 4 aromatic rings. The number of carbonyl (C=O) groups excluding carboxylic acids is 2. The highest BCUT2D eigenvalue weighted by atomic mass is 16.6. The first-order chi connectivity index (χ1) is 18.2. The van der Waals surface area contributed by atoms with E-state index >= 15 is 0 Å². The van der Waals surface area contributed by atoms with Crippen molar-refractivity contribution in [3.8, 4) is 17.2 Å². The molecule has 1 atom stereocenters. The Labute approximate surface area is 221 Å². The molecule has 3 aromatic carbocycles. The van der Waals surface area contributed by atoms with Crippen molar-refractivity contribution in [1.29, 1.82) is 5.26 Å². The summed E-state index contributed by atoms with van der Waals surface area (Å²) in [6.45, 7) is 5.49. The number of amides is 1. The van der Waals surface area contributed by atoms with Crippen LogP contribution in [0.5, 0.6) is 0 Å². The third kappa shape index (κ3) is 5.25. The van der Waals surface area contributed by atoms with E-state index in [-0.39, 0.29) is 18.9 Å². The predicted octanol–water partition coefficient (Wildman–Crippen LogP) is 5.83. The van der Waals surface area contributed by atoms with Crippen molar-refractivity contribution in [2.75, 3.05) is 6.61 Å². The molecule has 1 aromatic heterocycles. The summed E-state index contributed by atoms with van der Waals surface area (Å²) in [5.74, 6) is -0.628. The standard InChI is InChI=1S/C31H29N3O4/c1-31(2,3)38-29(35)28(15-19-12-13-27-20(14-19)16-21(17-32)33-27)34-30(36)37-18-26-24-10-6-4-8-22(24)23-9-5-7-11-25(23)26/h4-14,16,26,28,33H,15,18H2,1-3H3,(H,34,36)/t28-/m0/s1. The highest BCUT2D eigenvalue weighted by Gasteiger charge is 2.31. The average molecular weight is 508 g/mol. The molecule has 1 amide bonds. The van der Waals surface area contributed by atoms with Crippen LogP contribution in [0.4, 0.5) is 4.79 Å². The van der Waals surface area contributed by atoms with E-state index in [9.17, 15) is 9.59 Å². The van der Waals surface area contributed by atoms with Gasteiger partial charge in [0.05, 0.1) is 0 Å². The van der Waals surface area contributed by atoms with Crippen LogP contribution in [0.15, 0.2) is 72.8 Å². The summed E-state index contributed by atoms with van der Waals surface area (Å²) in [6.07, 6.45) is -0.473. The molecule has 2 N–H and O–H groups in total. The quantitative estimate of drug-likeness (QED) is 0.320. The molecule has 1 aliphatic rings. The van der Waals surface area contributed by atoms with Crippen LogP contribution < -0.4 is 5.32 Å². The number of carbonyl (C=O) groups is 2. The molecule has 0 fully saturated rings. The largest absolute Gasteiger partial charge is 0.458 e. The number of nitriles is 1. The van der Waals surface area contributed by atoms with Gasteiger partial charge < -0.3 is 19.8 Å². The van der Waals surface area contributed by atoms with Gasteiger partial charge in [-0.05, 0) is 66.8 Å². The van der Waals surface area contributed by atoms with Crippen molar-refractivity contribution in [3.63, 3.8) is 0 Å². The van der Waals surface area contributed by atoms with Crippen LogP contribution in [0, 0.1) is 11.3 Å². The molecule has 38 heavy (non-hydrogen) atoms. The number of alkyl carbamates (subject to hydrolysis) is 1. The Bertz CT molecular complexity index is 1510. The Morgan fingerprint density at radius 2 is 1.66 bits per heavy atom. The summed E-state index contributed by atoms with van der Waals surface area (Å²) in [4.78, 5) is 29.1. The van der Waals surface area contributed by atoms with Gasteiger partial charge in [0.15, 0.2) is 0 Å². The summed E-state index contributed by atoms with van der Waals surface area (Å²) >= 11 is 0. The maximum atomic E-state index is 13.1. The number of nitrogens with zero attached hydrogens (tertiary/aromatic N) is 1. The van der Waals surface area contributed by atoms with E-state index in [0.29, 0.717) is 5.69 Å². The van der Waals surface area contributed by atoms with Crippen molar-refractivity contribution in [1.82, 2.24) is 10.3 Å². The summed E-state index contributed by atoms with van der Waals surface area (Å²) < 4.78 is 11.3. The molecule has 7 heteroatoms. The van der Waals surface area contributed by atoms with Crippen molar-refractivity contribution < 1.29 is 19.1 Å². The molecule has 0 spiro atoms. The molecule has 0 saturated heterocycles. The lowest BCUT2D eigenvalue weighted by Gasteiger charge is -2.25. The Morgan fingerprint density at radius 1 is 1.00 bits per heavy atom. The lowest BCUT2D eigenvalue weighted by molar-refractivity contribution is -0.157. The van der Waals surface area contributed by atoms with Crippen LogP contribution in [0.25, 0.3) is 22.0 Å². The first-order valence-electron chi connectivity index (χ1n) is 12.6. The predicted molar refractivity (Wildman–Crippen MR) is 145 cm³/mol. The maximum absolute atomic E-state index is 13.1. The fourth-order valence-corrected chi connectivity index (χ4v) is 4.95. The van der Waals surface area contributed by atoms with Crippen molar-refractivity contribution in [3.05, 3.63) is 95.2 Å². The number of hydrogen-bond donors (Lipinski definition) is 2. The summed E-state index contributed by atoms with van der Waals surface area (Å²) in [7, 11) is 0. The van der Waals surface area contributed by atoms with Gasteiger partial charge in [0.1, 0.15) is 30.0 Å². The normalized spacial score (nSPS) is 13.3. The minimum Gasteiger partial charge on any atom is -0.458 e. The molecular weight excluding hydrogens is 478 g/mol. The second-order valence-electron chi connectivity index (χ2n) is 10.5. The molecule has 0 aliphatic heterocycles. The van der Waals surface area contributed by atoms with Crippen molar-refractivity contribution in [2.24, 2.45) is 0 Å². The van der Waals surface area contributed by atoms with Gasteiger partial charge in [-0.3, -0.25) is 0 Å². The van der Waals surface area contributed by atoms with E-state index in [1.165, 1.54) is 0 Å². The molecule has 0 saturated carbocycles. The lowest BCUT2D eigenvalue weighted by atomic mass is 9.98. The average Bonchev–Trinajstić information content (AvgIpc) is 3.44. The number of rotatable bonds is 6. The number of aromatic amines is 1. The Morgan fingerprint density at radius 3 is 2.29 bits per heavy atom. The highest BCUT2D eigenvalue weighted by Crippen LogP contribution is 2.44. The van der Waals surface area contributed by atoms with E-state index in [2.05, 4.69) is 40.6 Å². The van der Waals surface area contributed by atoms with Gasteiger partial charge >= 0.3 is 12.1 Å². The zero-order valence-corrected chi connectivity index (χ0v) is 21.6. The number of benzene rings is 3. The molecule has 5 rings (SSSR count). The number of fused-ring (bicyclic) bond motifs is 4. The second kappa shape index (κ2) is 10.1. The summed E-state index contributed by atoms with van der Waals surface area (Å²) in [5.41, 5.74) is 5.89. The Hall–Kier alpha value is -4.57. The number of hydrogen-bond acceptors (Lipinski definition) is 5. The first kappa shape index (κ1) is 25.1. The zero-order valence-electron chi connectivity index (χ0n) is 21.6. The molecule has 7 nitrogen and oxygen atoms in total. The summed E-state index contributed by atoms with van der Waals surface area (Å²) in [6, 6.07) is 24.7. The molecule has 0 bridgehead atoms. The van der Waals surface area contributed by atoms with Gasteiger partial charge in [0.2, 0.25) is 0 Å². The minimum absolute atomic E-state index is 0.0848. The molecule has 192 valence electrons. The lowest BCUT2D eigenvalue weighted by Crippen LogP contribution is -2.46. The number of ether oxygens (including phenoxy) is 2. The maximum Gasteiger partial charge on any atom is 0.407 e. The highest BCUT2D eigenvalue weighted by molar-refractivity contribution is 5.84. The molecular formula is C31H29N3O4. The first-order valence-corrected chi connectivity index (χ1v) is 12.6. The molecule has 1 heterocycles. The van der Waals surface area contributed by atoms with Crippen LogP contribution in [-0.4, -0.2) is 35.3 Å². The van der Waals surface area contributed by atoms with Gasteiger partial charge in [-0.15, -0.1) is 0 Å². The molecule has 0 radical (unpaired) electrons. The third-order valence-corrected chi connectivity index (χ3v) is 6.57. The van der Waals surface area contributed by atoms with E-state index in [1.807, 2.05) is 42.5 Å². The topological polar surface area (TPSA) is 104 Å². The fourth-order valence-electron chi connectivity index (χ4n) is 4.95. The Balaban J connectivity index is 1.32. The van der Waals surface area contributed by atoms with Crippen LogP contribution in [0.3, 0.4) is 0 Å². The third-order valence-electron chi connectivity index (χ3n) is 6.57. The van der Waals surface area contributed by atoms with Crippen molar-refractivity contribution >= 4 is 23.0 Å². The number of nitrogens with one attached hydrogen (secondary N) is 2. The number of aromatic nitrogens is 1. The van der Waals surface area contributed by atoms with Crippen LogP contribution in [-0.2, 0) is 20.7 Å². The SMILES string of the molecule is CC(C)(C)OC(=O)[C@H](Cc1ccc2[nH]c(C#N)cc2c1)NC(=O)OCC1c2ccccc2-c2ccccc21. The summed E-state index contributed by atoms with van der Waals surface area (Å²) in [5, 5.41) is 12.7. The van der Waals surface area contributed by atoms with Gasteiger partial charge in [-0.2, -0.15) is 5.26 Å². The van der Waals surface area contributed by atoms with Gasteiger partial charge in [-0.25, -0.2) is 9.59 Å².